The van der Waals surface area contributed by atoms with Crippen LogP contribution in [0.1, 0.15) is 26.7 Å². The summed E-state index contributed by atoms with van der Waals surface area (Å²) < 4.78 is 5.34. The first-order chi connectivity index (χ1) is 10.0. The molecular weight excluding hydrogens is 294 g/mol. The van der Waals surface area contributed by atoms with Gasteiger partial charge in [0.05, 0.1) is 11.4 Å². The number of carbonyl (C=O) groups is 2. The van der Waals surface area contributed by atoms with Crippen LogP contribution in [0.2, 0.25) is 0 Å². The molecule has 1 aromatic carbocycles. The van der Waals surface area contributed by atoms with E-state index in [4.69, 9.17) is 9.52 Å². The molecule has 0 bridgehead atoms. The smallest absolute Gasteiger partial charge is 0.339 e. The summed E-state index contributed by atoms with van der Waals surface area (Å²) in [5.41, 5.74) is -0.266. The molecule has 0 aliphatic rings. The van der Waals surface area contributed by atoms with Gasteiger partial charge in [0.25, 0.3) is 5.91 Å². The molecule has 2 aromatic rings. The SMILES string of the molecule is CSCc1ccc(C(=O)Nc2cccc(C(=O)O)c2O)o1. The first-order valence-corrected chi connectivity index (χ1v) is 7.36. The predicted octanol–water partition coefficient (Wildman–Crippen LogP) is 2.80. The maximum atomic E-state index is 12.0. The van der Waals surface area contributed by atoms with Crippen LogP contribution in [0.25, 0.3) is 0 Å². The number of phenols is 1. The van der Waals surface area contributed by atoms with E-state index in [1.807, 2.05) is 6.26 Å². The molecule has 0 unspecified atom stereocenters. The van der Waals surface area contributed by atoms with Crippen molar-refractivity contribution in [1.29, 1.82) is 0 Å². The second-order valence-corrected chi connectivity index (χ2v) is 5.03. The third kappa shape index (κ3) is 3.38. The monoisotopic (exact) mass is 307 g/mol. The number of aromatic hydroxyl groups is 1. The summed E-state index contributed by atoms with van der Waals surface area (Å²) >= 11 is 1.56. The fraction of sp³-hybridized carbons (Fsp3) is 0.143. The molecular formula is C14H13NO5S. The zero-order valence-corrected chi connectivity index (χ0v) is 11.9. The van der Waals surface area contributed by atoms with E-state index in [1.54, 1.807) is 17.8 Å². The van der Waals surface area contributed by atoms with Crippen molar-refractivity contribution < 1.29 is 24.2 Å². The molecule has 0 aliphatic carbocycles. The van der Waals surface area contributed by atoms with Crippen LogP contribution in [0.15, 0.2) is 34.7 Å². The Kier molecular flexibility index (Phi) is 4.54. The van der Waals surface area contributed by atoms with Gasteiger partial charge in [0.2, 0.25) is 0 Å². The number of hydrogen-bond donors (Lipinski definition) is 3. The molecule has 21 heavy (non-hydrogen) atoms. The first kappa shape index (κ1) is 15.0. The summed E-state index contributed by atoms with van der Waals surface area (Å²) in [5, 5.41) is 21.1. The maximum Gasteiger partial charge on any atom is 0.339 e. The number of para-hydroxylation sites is 1. The second-order valence-electron chi connectivity index (χ2n) is 4.16. The number of anilines is 1. The van der Waals surface area contributed by atoms with Crippen LogP contribution >= 0.6 is 11.8 Å². The number of nitrogens with one attached hydrogen (secondary N) is 1. The van der Waals surface area contributed by atoms with E-state index in [9.17, 15) is 14.7 Å². The lowest BCUT2D eigenvalue weighted by atomic mass is 10.1. The van der Waals surface area contributed by atoms with Crippen LogP contribution in [-0.4, -0.2) is 28.3 Å². The van der Waals surface area contributed by atoms with Gasteiger partial charge in [0.1, 0.15) is 11.3 Å². The Bertz CT molecular complexity index is 680. The lowest BCUT2D eigenvalue weighted by Crippen LogP contribution is -2.12. The Balaban J connectivity index is 2.19. The van der Waals surface area contributed by atoms with Crippen LogP contribution in [0.5, 0.6) is 5.75 Å². The van der Waals surface area contributed by atoms with E-state index < -0.39 is 17.6 Å². The average Bonchev–Trinajstić information content (AvgIpc) is 2.90. The second kappa shape index (κ2) is 6.36. The number of hydrogen-bond acceptors (Lipinski definition) is 5. The lowest BCUT2D eigenvalue weighted by molar-refractivity contribution is 0.0693. The standard InChI is InChI=1S/C14H13NO5S/c1-21-7-8-5-6-11(20-8)13(17)15-10-4-2-3-9(12(10)16)14(18)19/h2-6,16H,7H2,1H3,(H,15,17)(H,18,19). The van der Waals surface area contributed by atoms with Crippen LogP contribution < -0.4 is 5.32 Å². The summed E-state index contributed by atoms with van der Waals surface area (Å²) in [6.07, 6.45) is 1.91. The van der Waals surface area contributed by atoms with Crippen molar-refractivity contribution in [2.75, 3.05) is 11.6 Å². The van der Waals surface area contributed by atoms with Crippen molar-refractivity contribution in [3.05, 3.63) is 47.4 Å². The maximum absolute atomic E-state index is 12.0. The van der Waals surface area contributed by atoms with Gasteiger partial charge in [-0.05, 0) is 30.5 Å². The van der Waals surface area contributed by atoms with Gasteiger partial charge in [-0.3, -0.25) is 4.79 Å². The normalized spacial score (nSPS) is 10.3. The first-order valence-electron chi connectivity index (χ1n) is 5.97. The molecule has 0 atom stereocenters. The number of carboxylic acids is 1. The van der Waals surface area contributed by atoms with Crippen LogP contribution in [0, 0.1) is 0 Å². The van der Waals surface area contributed by atoms with Gasteiger partial charge >= 0.3 is 5.97 Å². The Morgan fingerprint density at radius 2 is 2.05 bits per heavy atom. The van der Waals surface area contributed by atoms with Gasteiger partial charge in [0.15, 0.2) is 11.5 Å². The highest BCUT2D eigenvalue weighted by atomic mass is 32.2. The van der Waals surface area contributed by atoms with Crippen LogP contribution in [0.4, 0.5) is 5.69 Å². The quantitative estimate of drug-likeness (QED) is 0.734. The molecule has 7 heteroatoms. The molecule has 110 valence electrons. The van der Waals surface area contributed by atoms with E-state index in [0.29, 0.717) is 11.5 Å². The highest BCUT2D eigenvalue weighted by Crippen LogP contribution is 2.28. The number of carboxylic acid groups (broad SMARTS) is 1. The van der Waals surface area contributed by atoms with Crippen molar-refractivity contribution in [2.45, 2.75) is 5.75 Å². The molecule has 0 aliphatic heterocycles. The van der Waals surface area contributed by atoms with Gasteiger partial charge in [-0.25, -0.2) is 4.79 Å². The average molecular weight is 307 g/mol. The van der Waals surface area contributed by atoms with Gasteiger partial charge in [-0.2, -0.15) is 11.8 Å². The minimum absolute atomic E-state index is 0.0164. The number of aromatic carboxylic acids is 1. The fourth-order valence-electron chi connectivity index (χ4n) is 1.72. The molecule has 0 saturated carbocycles. The van der Waals surface area contributed by atoms with Gasteiger partial charge < -0.3 is 19.9 Å². The minimum Gasteiger partial charge on any atom is -0.505 e. The third-order valence-corrected chi connectivity index (χ3v) is 3.26. The van der Waals surface area contributed by atoms with Crippen molar-refractivity contribution in [3.63, 3.8) is 0 Å². The van der Waals surface area contributed by atoms with Crippen molar-refractivity contribution in [2.24, 2.45) is 0 Å². The molecule has 6 nitrogen and oxygen atoms in total. The van der Waals surface area contributed by atoms with Crippen molar-refractivity contribution in [1.82, 2.24) is 0 Å². The van der Waals surface area contributed by atoms with Crippen LogP contribution in [-0.2, 0) is 5.75 Å². The molecule has 0 radical (unpaired) electrons. The summed E-state index contributed by atoms with van der Waals surface area (Å²) in [6.45, 7) is 0. The zero-order valence-electron chi connectivity index (χ0n) is 11.1. The lowest BCUT2D eigenvalue weighted by Gasteiger charge is -2.07. The number of benzene rings is 1. The number of furan rings is 1. The largest absolute Gasteiger partial charge is 0.505 e. The van der Waals surface area contributed by atoms with Crippen molar-refractivity contribution in [3.8, 4) is 5.75 Å². The van der Waals surface area contributed by atoms with Crippen molar-refractivity contribution >= 4 is 29.3 Å². The molecule has 2 rings (SSSR count). The summed E-state index contributed by atoms with van der Waals surface area (Å²) in [7, 11) is 0. The Labute approximate surface area is 124 Å². The van der Waals surface area contributed by atoms with Gasteiger partial charge in [-0.15, -0.1) is 0 Å². The fourth-order valence-corrected chi connectivity index (χ4v) is 2.16. The molecule has 3 N–H and O–H groups in total. The highest BCUT2D eigenvalue weighted by Gasteiger charge is 2.17. The molecule has 1 heterocycles. The van der Waals surface area contributed by atoms with E-state index >= 15 is 0 Å². The summed E-state index contributed by atoms with van der Waals surface area (Å²) in [5.74, 6) is -0.916. The number of carbonyl (C=O) groups excluding carboxylic acids is 1. The van der Waals surface area contributed by atoms with E-state index in [-0.39, 0.29) is 17.0 Å². The Morgan fingerprint density at radius 1 is 1.29 bits per heavy atom. The third-order valence-electron chi connectivity index (χ3n) is 2.69. The number of thioether (sulfide) groups is 1. The van der Waals surface area contributed by atoms with E-state index in [1.165, 1.54) is 24.3 Å². The number of rotatable bonds is 5. The van der Waals surface area contributed by atoms with Crippen LogP contribution in [0.3, 0.4) is 0 Å². The molecule has 1 aromatic heterocycles. The summed E-state index contributed by atoms with van der Waals surface area (Å²) in [6, 6.07) is 7.31. The minimum atomic E-state index is -1.27. The highest BCUT2D eigenvalue weighted by molar-refractivity contribution is 7.97. The van der Waals surface area contributed by atoms with Gasteiger partial charge in [-0.1, -0.05) is 6.07 Å². The topological polar surface area (TPSA) is 99.8 Å². The van der Waals surface area contributed by atoms with E-state index in [0.717, 1.165) is 0 Å². The Morgan fingerprint density at radius 3 is 2.71 bits per heavy atom. The number of amides is 1. The molecule has 1 amide bonds. The van der Waals surface area contributed by atoms with E-state index in [2.05, 4.69) is 5.32 Å². The molecule has 0 saturated heterocycles. The molecule has 0 spiro atoms. The Hall–Kier alpha value is -2.41. The van der Waals surface area contributed by atoms with Gasteiger partial charge in [0, 0.05) is 0 Å². The zero-order chi connectivity index (χ0) is 15.4. The summed E-state index contributed by atoms with van der Waals surface area (Å²) in [4.78, 5) is 22.9. The predicted molar refractivity (Wildman–Crippen MR) is 78.9 cm³/mol. The molecule has 0 fully saturated rings.